The second-order valence-electron chi connectivity index (χ2n) is 4.81. The summed E-state index contributed by atoms with van der Waals surface area (Å²) in [7, 11) is 1.72. The van der Waals surface area contributed by atoms with Gasteiger partial charge in [-0.2, -0.15) is 0 Å². The smallest absolute Gasteiger partial charge is 0.119 e. The summed E-state index contributed by atoms with van der Waals surface area (Å²) in [5.41, 5.74) is 1.32. The highest BCUT2D eigenvalue weighted by atomic mass is 16.5. The highest BCUT2D eigenvalue weighted by Gasteiger charge is 2.23. The van der Waals surface area contributed by atoms with E-state index in [-0.39, 0.29) is 0 Å². The number of rotatable bonds is 3. The van der Waals surface area contributed by atoms with Crippen molar-refractivity contribution in [2.24, 2.45) is 0 Å². The van der Waals surface area contributed by atoms with Crippen LogP contribution in [0.25, 0.3) is 0 Å². The molecule has 2 atom stereocenters. The van der Waals surface area contributed by atoms with Crippen molar-refractivity contribution in [1.29, 1.82) is 0 Å². The van der Waals surface area contributed by atoms with Crippen molar-refractivity contribution >= 4 is 0 Å². The van der Waals surface area contributed by atoms with Gasteiger partial charge in [-0.25, -0.2) is 0 Å². The molecule has 1 fully saturated rings. The summed E-state index contributed by atoms with van der Waals surface area (Å²) in [5, 5.41) is 3.50. The SMILES string of the molecule is COc1cccc(CN2CCNC(C)C2C)c1. The Hall–Kier alpha value is -1.06. The molecule has 17 heavy (non-hydrogen) atoms. The average Bonchev–Trinajstić information content (AvgIpc) is 2.35. The highest BCUT2D eigenvalue weighted by molar-refractivity contribution is 5.28. The van der Waals surface area contributed by atoms with E-state index in [0.717, 1.165) is 25.4 Å². The van der Waals surface area contributed by atoms with Crippen LogP contribution in [-0.4, -0.2) is 37.2 Å². The van der Waals surface area contributed by atoms with Crippen LogP contribution in [0.15, 0.2) is 24.3 Å². The van der Waals surface area contributed by atoms with E-state index in [0.29, 0.717) is 12.1 Å². The van der Waals surface area contributed by atoms with Gasteiger partial charge in [0.15, 0.2) is 0 Å². The lowest BCUT2D eigenvalue weighted by Gasteiger charge is -2.38. The molecule has 1 aliphatic heterocycles. The number of piperazine rings is 1. The van der Waals surface area contributed by atoms with Crippen molar-refractivity contribution in [3.63, 3.8) is 0 Å². The maximum atomic E-state index is 5.26. The van der Waals surface area contributed by atoms with Crippen LogP contribution < -0.4 is 10.1 Å². The zero-order valence-electron chi connectivity index (χ0n) is 10.9. The lowest BCUT2D eigenvalue weighted by Crippen LogP contribution is -2.54. The first-order valence-electron chi connectivity index (χ1n) is 6.31. The third-order valence-electron chi connectivity index (χ3n) is 3.68. The van der Waals surface area contributed by atoms with Gasteiger partial charge in [-0.1, -0.05) is 12.1 Å². The van der Waals surface area contributed by atoms with Gasteiger partial charge in [0.1, 0.15) is 5.75 Å². The first kappa shape index (κ1) is 12.4. The minimum atomic E-state index is 0.564. The van der Waals surface area contributed by atoms with Crippen LogP contribution in [0.5, 0.6) is 5.75 Å². The number of hydrogen-bond donors (Lipinski definition) is 1. The van der Waals surface area contributed by atoms with Crippen LogP contribution >= 0.6 is 0 Å². The topological polar surface area (TPSA) is 24.5 Å². The Morgan fingerprint density at radius 2 is 2.24 bits per heavy atom. The van der Waals surface area contributed by atoms with Gasteiger partial charge in [0.25, 0.3) is 0 Å². The Morgan fingerprint density at radius 3 is 3.00 bits per heavy atom. The molecule has 0 aliphatic carbocycles. The van der Waals surface area contributed by atoms with Crippen molar-refractivity contribution in [2.45, 2.75) is 32.5 Å². The quantitative estimate of drug-likeness (QED) is 0.864. The molecule has 0 spiro atoms. The summed E-state index contributed by atoms with van der Waals surface area (Å²) >= 11 is 0. The zero-order chi connectivity index (χ0) is 12.3. The third-order valence-corrected chi connectivity index (χ3v) is 3.68. The highest BCUT2D eigenvalue weighted by Crippen LogP contribution is 2.17. The van der Waals surface area contributed by atoms with Gasteiger partial charge in [0, 0.05) is 31.7 Å². The lowest BCUT2D eigenvalue weighted by molar-refractivity contribution is 0.130. The number of methoxy groups -OCH3 is 1. The number of benzene rings is 1. The van der Waals surface area contributed by atoms with Crippen LogP contribution in [0.3, 0.4) is 0 Å². The maximum Gasteiger partial charge on any atom is 0.119 e. The molecule has 0 aromatic heterocycles. The molecule has 1 heterocycles. The van der Waals surface area contributed by atoms with E-state index in [1.807, 2.05) is 6.07 Å². The Balaban J connectivity index is 2.04. The van der Waals surface area contributed by atoms with E-state index in [1.54, 1.807) is 7.11 Å². The molecule has 1 N–H and O–H groups in total. The average molecular weight is 234 g/mol. The first-order valence-corrected chi connectivity index (χ1v) is 6.31. The Morgan fingerprint density at radius 1 is 1.41 bits per heavy atom. The predicted octanol–water partition coefficient (Wildman–Crippen LogP) is 1.88. The fourth-order valence-electron chi connectivity index (χ4n) is 2.35. The van der Waals surface area contributed by atoms with Crippen LogP contribution in [0.2, 0.25) is 0 Å². The molecule has 1 aromatic carbocycles. The van der Waals surface area contributed by atoms with Gasteiger partial charge in [-0.3, -0.25) is 4.90 Å². The number of nitrogens with one attached hydrogen (secondary N) is 1. The number of nitrogens with zero attached hydrogens (tertiary/aromatic N) is 1. The summed E-state index contributed by atoms with van der Waals surface area (Å²) in [4.78, 5) is 2.52. The Kier molecular flexibility index (Phi) is 4.02. The molecule has 0 radical (unpaired) electrons. The summed E-state index contributed by atoms with van der Waals surface area (Å²) < 4.78 is 5.26. The molecule has 3 nitrogen and oxygen atoms in total. The second kappa shape index (κ2) is 5.52. The third kappa shape index (κ3) is 2.99. The summed E-state index contributed by atoms with van der Waals surface area (Å²) in [5.74, 6) is 0.943. The lowest BCUT2D eigenvalue weighted by atomic mass is 10.1. The standard InChI is InChI=1S/C14H22N2O/c1-11-12(2)16(8-7-15-11)10-13-5-4-6-14(9-13)17-3/h4-6,9,11-12,15H,7-8,10H2,1-3H3. The van der Waals surface area contributed by atoms with E-state index < -0.39 is 0 Å². The molecular weight excluding hydrogens is 212 g/mol. The van der Waals surface area contributed by atoms with Gasteiger partial charge in [-0.15, -0.1) is 0 Å². The molecule has 94 valence electrons. The molecule has 0 bridgehead atoms. The normalized spacial score (nSPS) is 25.8. The van der Waals surface area contributed by atoms with E-state index in [4.69, 9.17) is 4.74 Å². The summed E-state index contributed by atoms with van der Waals surface area (Å²) in [6, 6.07) is 9.49. The molecule has 1 aromatic rings. The first-order chi connectivity index (χ1) is 8.20. The van der Waals surface area contributed by atoms with Gasteiger partial charge < -0.3 is 10.1 Å². The molecule has 1 aliphatic rings. The molecular formula is C14H22N2O. The molecule has 2 rings (SSSR count). The van der Waals surface area contributed by atoms with E-state index >= 15 is 0 Å². The maximum absolute atomic E-state index is 5.26. The molecule has 2 unspecified atom stereocenters. The molecule has 0 saturated carbocycles. The van der Waals surface area contributed by atoms with Crippen LogP contribution in [0.4, 0.5) is 0 Å². The van der Waals surface area contributed by atoms with Gasteiger partial charge in [0.2, 0.25) is 0 Å². The zero-order valence-corrected chi connectivity index (χ0v) is 10.9. The van der Waals surface area contributed by atoms with Crippen LogP contribution in [-0.2, 0) is 6.54 Å². The Bertz CT molecular complexity index is 367. The second-order valence-corrected chi connectivity index (χ2v) is 4.81. The number of hydrogen-bond acceptors (Lipinski definition) is 3. The van der Waals surface area contributed by atoms with E-state index in [1.165, 1.54) is 5.56 Å². The van der Waals surface area contributed by atoms with Crippen LogP contribution in [0.1, 0.15) is 19.4 Å². The van der Waals surface area contributed by atoms with Crippen molar-refractivity contribution in [3.05, 3.63) is 29.8 Å². The Labute approximate surface area is 104 Å². The fraction of sp³-hybridized carbons (Fsp3) is 0.571. The van der Waals surface area contributed by atoms with Crippen molar-refractivity contribution in [1.82, 2.24) is 10.2 Å². The van der Waals surface area contributed by atoms with E-state index in [2.05, 4.69) is 42.3 Å². The molecule has 3 heteroatoms. The fourth-order valence-corrected chi connectivity index (χ4v) is 2.35. The van der Waals surface area contributed by atoms with Crippen molar-refractivity contribution in [2.75, 3.05) is 20.2 Å². The van der Waals surface area contributed by atoms with Gasteiger partial charge in [-0.05, 0) is 31.5 Å². The van der Waals surface area contributed by atoms with Crippen LogP contribution in [0, 0.1) is 0 Å². The van der Waals surface area contributed by atoms with Gasteiger partial charge in [0.05, 0.1) is 7.11 Å². The van der Waals surface area contributed by atoms with E-state index in [9.17, 15) is 0 Å². The predicted molar refractivity (Wildman–Crippen MR) is 70.3 cm³/mol. The monoisotopic (exact) mass is 234 g/mol. The largest absolute Gasteiger partial charge is 0.497 e. The minimum Gasteiger partial charge on any atom is -0.497 e. The van der Waals surface area contributed by atoms with Crippen molar-refractivity contribution < 1.29 is 4.74 Å². The van der Waals surface area contributed by atoms with Crippen molar-refractivity contribution in [3.8, 4) is 5.75 Å². The van der Waals surface area contributed by atoms with Gasteiger partial charge >= 0.3 is 0 Å². The molecule has 1 saturated heterocycles. The summed E-state index contributed by atoms with van der Waals surface area (Å²) in [6.45, 7) is 7.74. The number of ether oxygens (including phenoxy) is 1. The minimum absolute atomic E-state index is 0.564. The summed E-state index contributed by atoms with van der Waals surface area (Å²) in [6.07, 6.45) is 0. The molecule has 0 amide bonds.